The van der Waals surface area contributed by atoms with E-state index in [1.54, 1.807) is 12.1 Å². The van der Waals surface area contributed by atoms with Crippen LogP contribution in [0, 0.1) is 12.7 Å². The summed E-state index contributed by atoms with van der Waals surface area (Å²) in [7, 11) is 0. The number of carbonyl (C=O) groups excluding carboxylic acids is 1. The van der Waals surface area contributed by atoms with Gasteiger partial charge in [-0.3, -0.25) is 9.78 Å². The van der Waals surface area contributed by atoms with Gasteiger partial charge in [0, 0.05) is 16.2 Å². The molecule has 0 amide bonds. The van der Waals surface area contributed by atoms with Crippen LogP contribution in [0.5, 0.6) is 0 Å². The van der Waals surface area contributed by atoms with Crippen LogP contribution in [0.25, 0.3) is 0 Å². The smallest absolute Gasteiger partial charge is 0.196 e. The Balaban J connectivity index is 2.48. The number of aryl methyl sites for hydroxylation is 1. The molecule has 1 heterocycles. The molecule has 0 N–H and O–H groups in total. The van der Waals surface area contributed by atoms with Gasteiger partial charge in [-0.25, -0.2) is 4.39 Å². The molecule has 0 saturated heterocycles. The molecular formula is C13H9BrFNO. The summed E-state index contributed by atoms with van der Waals surface area (Å²) in [6.07, 6.45) is 2.44. The summed E-state index contributed by atoms with van der Waals surface area (Å²) < 4.78 is 14.2. The Labute approximate surface area is 107 Å². The van der Waals surface area contributed by atoms with Crippen molar-refractivity contribution in [1.82, 2.24) is 4.98 Å². The van der Waals surface area contributed by atoms with Gasteiger partial charge in [-0.2, -0.15) is 0 Å². The lowest BCUT2D eigenvalue weighted by Crippen LogP contribution is -2.05. The second-order valence-electron chi connectivity index (χ2n) is 3.70. The van der Waals surface area contributed by atoms with Gasteiger partial charge in [0.15, 0.2) is 11.6 Å². The van der Waals surface area contributed by atoms with Crippen molar-refractivity contribution in [3.05, 3.63) is 63.6 Å². The zero-order valence-corrected chi connectivity index (χ0v) is 10.7. The van der Waals surface area contributed by atoms with Crippen molar-refractivity contribution in [2.45, 2.75) is 6.92 Å². The number of pyridine rings is 1. The SMILES string of the molecule is Cc1cc(Br)cc(C(=O)c2ccncc2F)c1. The summed E-state index contributed by atoms with van der Waals surface area (Å²) in [5.74, 6) is -0.940. The fourth-order valence-electron chi connectivity index (χ4n) is 1.58. The van der Waals surface area contributed by atoms with Crippen molar-refractivity contribution in [2.75, 3.05) is 0 Å². The quantitative estimate of drug-likeness (QED) is 0.793. The number of ketones is 1. The predicted octanol–water partition coefficient (Wildman–Crippen LogP) is 3.52. The second kappa shape index (κ2) is 4.75. The fourth-order valence-corrected chi connectivity index (χ4v) is 2.19. The van der Waals surface area contributed by atoms with Crippen molar-refractivity contribution in [3.63, 3.8) is 0 Å². The highest BCUT2D eigenvalue weighted by Crippen LogP contribution is 2.19. The second-order valence-corrected chi connectivity index (χ2v) is 4.62. The Morgan fingerprint density at radius 1 is 1.35 bits per heavy atom. The van der Waals surface area contributed by atoms with Crippen LogP contribution in [0.15, 0.2) is 41.1 Å². The van der Waals surface area contributed by atoms with Crippen LogP contribution in [-0.4, -0.2) is 10.8 Å². The maximum Gasteiger partial charge on any atom is 0.196 e. The average molecular weight is 294 g/mol. The third-order valence-corrected chi connectivity index (χ3v) is 2.78. The lowest BCUT2D eigenvalue weighted by atomic mass is 10.0. The van der Waals surface area contributed by atoms with Crippen molar-refractivity contribution in [1.29, 1.82) is 0 Å². The number of carbonyl (C=O) groups is 1. The highest BCUT2D eigenvalue weighted by Gasteiger charge is 2.14. The maximum absolute atomic E-state index is 13.4. The lowest BCUT2D eigenvalue weighted by molar-refractivity contribution is 0.103. The maximum atomic E-state index is 13.4. The molecule has 0 radical (unpaired) electrons. The molecule has 2 rings (SSSR count). The Kier molecular flexibility index (Phi) is 3.33. The van der Waals surface area contributed by atoms with E-state index < -0.39 is 5.82 Å². The molecule has 0 aliphatic rings. The molecule has 0 bridgehead atoms. The fraction of sp³-hybridized carbons (Fsp3) is 0.0769. The lowest BCUT2D eigenvalue weighted by Gasteiger charge is -2.04. The van der Waals surface area contributed by atoms with Gasteiger partial charge < -0.3 is 0 Å². The van der Waals surface area contributed by atoms with Crippen LogP contribution >= 0.6 is 15.9 Å². The van der Waals surface area contributed by atoms with Crippen LogP contribution in [0.2, 0.25) is 0 Å². The number of aromatic nitrogens is 1. The normalized spacial score (nSPS) is 10.3. The molecule has 0 saturated carbocycles. The zero-order valence-electron chi connectivity index (χ0n) is 9.08. The van der Waals surface area contributed by atoms with Gasteiger partial charge in [0.2, 0.25) is 0 Å². The Morgan fingerprint density at radius 2 is 2.12 bits per heavy atom. The topological polar surface area (TPSA) is 30.0 Å². The van der Waals surface area contributed by atoms with Crippen molar-refractivity contribution >= 4 is 21.7 Å². The minimum absolute atomic E-state index is 0.0394. The molecule has 0 fully saturated rings. The number of hydrogen-bond acceptors (Lipinski definition) is 2. The highest BCUT2D eigenvalue weighted by atomic mass is 79.9. The van der Waals surface area contributed by atoms with E-state index in [4.69, 9.17) is 0 Å². The molecule has 86 valence electrons. The number of hydrogen-bond donors (Lipinski definition) is 0. The molecule has 0 aliphatic heterocycles. The van der Waals surface area contributed by atoms with Gasteiger partial charge in [0.1, 0.15) is 0 Å². The minimum Gasteiger partial charge on any atom is -0.288 e. The summed E-state index contributed by atoms with van der Waals surface area (Å²) in [6, 6.07) is 6.68. The summed E-state index contributed by atoms with van der Waals surface area (Å²) in [5, 5.41) is 0. The number of rotatable bonds is 2. The summed E-state index contributed by atoms with van der Waals surface area (Å²) in [6.45, 7) is 1.88. The largest absolute Gasteiger partial charge is 0.288 e. The zero-order chi connectivity index (χ0) is 12.4. The first kappa shape index (κ1) is 11.9. The number of benzene rings is 1. The summed E-state index contributed by atoms with van der Waals surface area (Å²) in [4.78, 5) is 15.7. The van der Waals surface area contributed by atoms with Crippen molar-refractivity contribution in [3.8, 4) is 0 Å². The van der Waals surface area contributed by atoms with Crippen molar-refractivity contribution < 1.29 is 9.18 Å². The third-order valence-electron chi connectivity index (χ3n) is 2.32. The van der Waals surface area contributed by atoms with E-state index in [0.717, 1.165) is 16.2 Å². The van der Waals surface area contributed by atoms with Gasteiger partial charge in [-0.05, 0) is 36.8 Å². The van der Waals surface area contributed by atoms with Gasteiger partial charge in [-0.1, -0.05) is 15.9 Å². The third kappa shape index (κ3) is 2.58. The molecule has 1 aromatic heterocycles. The van der Waals surface area contributed by atoms with E-state index in [9.17, 15) is 9.18 Å². The molecule has 0 atom stereocenters. The first-order valence-electron chi connectivity index (χ1n) is 4.99. The van der Waals surface area contributed by atoms with E-state index in [1.807, 2.05) is 13.0 Å². The van der Waals surface area contributed by atoms with Crippen LogP contribution in [0.3, 0.4) is 0 Å². The Bertz CT molecular complexity index is 563. The monoisotopic (exact) mass is 293 g/mol. The first-order chi connectivity index (χ1) is 8.08. The van der Waals surface area contributed by atoms with Gasteiger partial charge >= 0.3 is 0 Å². The molecule has 0 unspecified atom stereocenters. The standard InChI is InChI=1S/C13H9BrFNO/c1-8-4-9(6-10(14)5-8)13(17)11-2-3-16-7-12(11)15/h2-7H,1H3. The van der Waals surface area contributed by atoms with E-state index in [0.29, 0.717) is 5.56 Å². The van der Waals surface area contributed by atoms with Gasteiger partial charge in [0.25, 0.3) is 0 Å². The Hall–Kier alpha value is -1.55. The minimum atomic E-state index is -0.602. The molecule has 1 aromatic carbocycles. The molecule has 0 spiro atoms. The van der Waals surface area contributed by atoms with Crippen LogP contribution in [-0.2, 0) is 0 Å². The van der Waals surface area contributed by atoms with Crippen LogP contribution in [0.4, 0.5) is 4.39 Å². The molecule has 17 heavy (non-hydrogen) atoms. The summed E-state index contributed by atoms with van der Waals surface area (Å²) >= 11 is 3.31. The average Bonchev–Trinajstić information content (AvgIpc) is 2.27. The van der Waals surface area contributed by atoms with E-state index in [-0.39, 0.29) is 11.3 Å². The first-order valence-corrected chi connectivity index (χ1v) is 5.78. The van der Waals surface area contributed by atoms with E-state index in [2.05, 4.69) is 20.9 Å². The van der Waals surface area contributed by atoms with E-state index >= 15 is 0 Å². The van der Waals surface area contributed by atoms with Crippen molar-refractivity contribution in [2.24, 2.45) is 0 Å². The molecular weight excluding hydrogens is 285 g/mol. The Morgan fingerprint density at radius 3 is 2.76 bits per heavy atom. The molecule has 4 heteroatoms. The summed E-state index contributed by atoms with van der Waals surface area (Å²) in [5.41, 5.74) is 1.44. The highest BCUT2D eigenvalue weighted by molar-refractivity contribution is 9.10. The molecule has 2 aromatic rings. The van der Waals surface area contributed by atoms with E-state index in [1.165, 1.54) is 12.3 Å². The van der Waals surface area contributed by atoms with Crippen LogP contribution in [0.1, 0.15) is 21.5 Å². The molecule has 0 aliphatic carbocycles. The number of nitrogens with zero attached hydrogens (tertiary/aromatic N) is 1. The number of halogens is 2. The van der Waals surface area contributed by atoms with Crippen LogP contribution < -0.4 is 0 Å². The van der Waals surface area contributed by atoms with Gasteiger partial charge in [-0.15, -0.1) is 0 Å². The predicted molar refractivity (Wildman–Crippen MR) is 66.5 cm³/mol. The van der Waals surface area contributed by atoms with Gasteiger partial charge in [0.05, 0.1) is 11.8 Å². The molecule has 2 nitrogen and oxygen atoms in total.